The van der Waals surface area contributed by atoms with Crippen LogP contribution >= 0.6 is 0 Å². The van der Waals surface area contributed by atoms with E-state index in [9.17, 15) is 4.79 Å². The van der Waals surface area contributed by atoms with Gasteiger partial charge in [0.05, 0.1) is 12.3 Å². The molecule has 0 radical (unpaired) electrons. The Morgan fingerprint density at radius 3 is 2.84 bits per heavy atom. The minimum absolute atomic E-state index is 0.0742. The number of ether oxygens (including phenoxy) is 2. The molecule has 2 aromatic rings. The molecule has 0 saturated heterocycles. The van der Waals surface area contributed by atoms with E-state index in [-0.39, 0.29) is 11.9 Å². The molecule has 2 atom stereocenters. The van der Waals surface area contributed by atoms with Crippen LogP contribution in [0.1, 0.15) is 43.5 Å². The van der Waals surface area contributed by atoms with E-state index < -0.39 is 5.60 Å². The average Bonchev–Trinajstić information content (AvgIpc) is 2.86. The van der Waals surface area contributed by atoms with Crippen LogP contribution in [0.3, 0.4) is 0 Å². The zero-order valence-electron chi connectivity index (χ0n) is 15.1. The predicted octanol–water partition coefficient (Wildman–Crippen LogP) is 4.29. The lowest BCUT2D eigenvalue weighted by atomic mass is 9.79. The van der Waals surface area contributed by atoms with Gasteiger partial charge in [0.2, 0.25) is 0 Å². The van der Waals surface area contributed by atoms with Crippen molar-refractivity contribution in [3.05, 3.63) is 65.5 Å². The summed E-state index contributed by atoms with van der Waals surface area (Å²) >= 11 is 0. The molecule has 0 spiro atoms. The minimum atomic E-state index is -0.697. The summed E-state index contributed by atoms with van der Waals surface area (Å²) in [5.41, 5.74) is 3.08. The minimum Gasteiger partial charge on any atom is -0.482 e. The van der Waals surface area contributed by atoms with Crippen LogP contribution in [0.15, 0.2) is 48.7 Å². The van der Waals surface area contributed by atoms with E-state index in [1.165, 1.54) is 11.6 Å². The highest BCUT2D eigenvalue weighted by molar-refractivity contribution is 5.93. The molecule has 4 nitrogen and oxygen atoms in total. The van der Waals surface area contributed by atoms with Gasteiger partial charge >= 0.3 is 5.97 Å². The highest BCUT2D eigenvalue weighted by Crippen LogP contribution is 2.50. The lowest BCUT2D eigenvalue weighted by Crippen LogP contribution is -2.35. The molecule has 3 rings (SSSR count). The first-order valence-corrected chi connectivity index (χ1v) is 8.55. The summed E-state index contributed by atoms with van der Waals surface area (Å²) in [7, 11) is 0. The van der Waals surface area contributed by atoms with Gasteiger partial charge < -0.3 is 9.47 Å². The normalized spacial score (nSPS) is 22.2. The van der Waals surface area contributed by atoms with Gasteiger partial charge in [-0.05, 0) is 39.0 Å². The molecule has 1 aliphatic rings. The summed E-state index contributed by atoms with van der Waals surface area (Å²) in [6.45, 7) is 8.31. The first kappa shape index (κ1) is 17.2. The van der Waals surface area contributed by atoms with Crippen LogP contribution in [0.25, 0.3) is 5.57 Å². The van der Waals surface area contributed by atoms with Gasteiger partial charge in [0.15, 0.2) is 0 Å². The van der Waals surface area contributed by atoms with Crippen molar-refractivity contribution in [2.24, 2.45) is 0 Å². The molecule has 1 aliphatic heterocycles. The fourth-order valence-corrected chi connectivity index (χ4v) is 3.30. The summed E-state index contributed by atoms with van der Waals surface area (Å²) < 4.78 is 11.5. The molecule has 130 valence electrons. The van der Waals surface area contributed by atoms with Gasteiger partial charge in [-0.1, -0.05) is 30.7 Å². The number of fused-ring (bicyclic) bond motifs is 1. The Kier molecular flexibility index (Phi) is 4.62. The topological polar surface area (TPSA) is 48.4 Å². The SMILES string of the molecule is CCOC(=O)/C=C(\c1ccccn1)C1(C)Oc2ccc(C)cc2C1C. The standard InChI is InChI=1S/C21H23NO3/c1-5-24-20(23)13-17(18-8-6-7-11-22-18)21(4)15(3)16-12-14(2)9-10-19(16)25-21/h6-13,15H,5H2,1-4H3/b17-13+. The Hall–Kier alpha value is -2.62. The number of hydrogen-bond acceptors (Lipinski definition) is 4. The van der Waals surface area contributed by atoms with Crippen molar-refractivity contribution >= 4 is 11.5 Å². The smallest absolute Gasteiger partial charge is 0.331 e. The number of aryl methyl sites for hydroxylation is 1. The van der Waals surface area contributed by atoms with Crippen molar-refractivity contribution < 1.29 is 14.3 Å². The molecule has 1 aromatic carbocycles. The Morgan fingerprint density at radius 1 is 1.36 bits per heavy atom. The molecule has 0 fully saturated rings. The van der Waals surface area contributed by atoms with E-state index in [4.69, 9.17) is 9.47 Å². The number of carbonyl (C=O) groups excluding carboxylic acids is 1. The molecule has 25 heavy (non-hydrogen) atoms. The second-order valence-electron chi connectivity index (χ2n) is 6.50. The van der Waals surface area contributed by atoms with E-state index in [0.717, 1.165) is 22.6 Å². The van der Waals surface area contributed by atoms with Crippen molar-refractivity contribution in [3.63, 3.8) is 0 Å². The molecular weight excluding hydrogens is 314 g/mol. The number of hydrogen-bond donors (Lipinski definition) is 0. The molecule has 0 bridgehead atoms. The number of benzene rings is 1. The summed E-state index contributed by atoms with van der Waals surface area (Å²) in [6.07, 6.45) is 3.23. The number of rotatable bonds is 4. The van der Waals surface area contributed by atoms with Crippen molar-refractivity contribution in [1.29, 1.82) is 0 Å². The Labute approximate surface area is 148 Å². The van der Waals surface area contributed by atoms with E-state index in [2.05, 4.69) is 24.9 Å². The predicted molar refractivity (Wildman–Crippen MR) is 97.5 cm³/mol. The van der Waals surface area contributed by atoms with E-state index in [1.807, 2.05) is 37.3 Å². The van der Waals surface area contributed by atoms with E-state index in [1.54, 1.807) is 13.1 Å². The summed E-state index contributed by atoms with van der Waals surface area (Å²) in [6, 6.07) is 11.8. The third-order valence-electron chi connectivity index (χ3n) is 4.80. The van der Waals surface area contributed by atoms with Gasteiger partial charge in [0.1, 0.15) is 11.4 Å². The first-order valence-electron chi connectivity index (χ1n) is 8.55. The Balaban J connectivity index is 2.09. The van der Waals surface area contributed by atoms with Gasteiger partial charge in [0.25, 0.3) is 0 Å². The zero-order valence-corrected chi connectivity index (χ0v) is 15.1. The molecule has 1 aromatic heterocycles. The maximum Gasteiger partial charge on any atom is 0.331 e. The lowest BCUT2D eigenvalue weighted by Gasteiger charge is -2.31. The lowest BCUT2D eigenvalue weighted by molar-refractivity contribution is -0.137. The number of pyridine rings is 1. The zero-order chi connectivity index (χ0) is 18.0. The van der Waals surface area contributed by atoms with Crippen LogP contribution in [0.4, 0.5) is 0 Å². The van der Waals surface area contributed by atoms with Crippen LogP contribution in [-0.4, -0.2) is 23.2 Å². The van der Waals surface area contributed by atoms with Crippen LogP contribution in [-0.2, 0) is 9.53 Å². The van der Waals surface area contributed by atoms with E-state index >= 15 is 0 Å². The average molecular weight is 337 g/mol. The second kappa shape index (κ2) is 6.71. The summed E-state index contributed by atoms with van der Waals surface area (Å²) in [5.74, 6) is 0.545. The number of aromatic nitrogens is 1. The molecule has 4 heteroatoms. The number of esters is 1. The third-order valence-corrected chi connectivity index (χ3v) is 4.80. The van der Waals surface area contributed by atoms with Crippen LogP contribution in [0, 0.1) is 6.92 Å². The Morgan fingerprint density at radius 2 is 2.16 bits per heavy atom. The van der Waals surface area contributed by atoms with Gasteiger partial charge in [-0.2, -0.15) is 0 Å². The monoisotopic (exact) mass is 337 g/mol. The first-order chi connectivity index (χ1) is 12.0. The highest BCUT2D eigenvalue weighted by atomic mass is 16.5. The fourth-order valence-electron chi connectivity index (χ4n) is 3.30. The maximum absolute atomic E-state index is 12.2. The van der Waals surface area contributed by atoms with Crippen LogP contribution in [0.2, 0.25) is 0 Å². The molecular formula is C21H23NO3. The summed E-state index contributed by atoms with van der Waals surface area (Å²) in [4.78, 5) is 16.6. The second-order valence-corrected chi connectivity index (χ2v) is 6.50. The third kappa shape index (κ3) is 3.16. The van der Waals surface area contributed by atoms with E-state index in [0.29, 0.717) is 6.61 Å². The number of nitrogens with zero attached hydrogens (tertiary/aromatic N) is 1. The quantitative estimate of drug-likeness (QED) is 0.617. The van der Waals surface area contributed by atoms with Crippen molar-refractivity contribution in [2.75, 3.05) is 6.61 Å². The highest BCUT2D eigenvalue weighted by Gasteiger charge is 2.46. The Bertz CT molecular complexity index is 813. The molecule has 2 unspecified atom stereocenters. The molecule has 2 heterocycles. The van der Waals surface area contributed by atoms with Crippen molar-refractivity contribution in [2.45, 2.75) is 39.2 Å². The molecule has 0 saturated carbocycles. The van der Waals surface area contributed by atoms with Gasteiger partial charge in [-0.15, -0.1) is 0 Å². The maximum atomic E-state index is 12.2. The van der Waals surface area contributed by atoms with Crippen LogP contribution < -0.4 is 4.74 Å². The van der Waals surface area contributed by atoms with Gasteiger partial charge in [-0.3, -0.25) is 4.98 Å². The number of carbonyl (C=O) groups is 1. The molecule has 0 amide bonds. The largest absolute Gasteiger partial charge is 0.482 e. The van der Waals surface area contributed by atoms with Gasteiger partial charge in [0, 0.05) is 29.3 Å². The fraction of sp³-hybridized carbons (Fsp3) is 0.333. The molecule has 0 aliphatic carbocycles. The van der Waals surface area contributed by atoms with Gasteiger partial charge in [-0.25, -0.2) is 4.79 Å². The summed E-state index contributed by atoms with van der Waals surface area (Å²) in [5, 5.41) is 0. The van der Waals surface area contributed by atoms with Crippen molar-refractivity contribution in [3.8, 4) is 5.75 Å². The molecule has 0 N–H and O–H groups in total. The van der Waals surface area contributed by atoms with Crippen molar-refractivity contribution in [1.82, 2.24) is 4.98 Å². The van der Waals surface area contributed by atoms with Crippen LogP contribution in [0.5, 0.6) is 5.75 Å².